The lowest BCUT2D eigenvalue weighted by Crippen LogP contribution is -2.39. The Labute approximate surface area is 102 Å². The van der Waals surface area contributed by atoms with Crippen LogP contribution in [-0.2, 0) is 4.79 Å². The molecule has 1 saturated heterocycles. The van der Waals surface area contributed by atoms with Crippen LogP contribution in [0.1, 0.15) is 27.2 Å². The minimum Gasteiger partial charge on any atom is -0.481 e. The molecular weight excluding hydrogens is 222 g/mol. The molecular formula is C12H23NO2S. The maximum atomic E-state index is 11.1. The number of nitrogens with one attached hydrogen (secondary N) is 1. The standard InChI is InChI=1S/C12H23NO2S/c1-8(2)4-10(12(14)15)5-13-11-7-16-6-9(11)3/h8-11,13H,4-7H2,1-3H3,(H,14,15). The van der Waals surface area contributed by atoms with Crippen molar-refractivity contribution in [2.45, 2.75) is 33.2 Å². The van der Waals surface area contributed by atoms with Crippen molar-refractivity contribution in [2.75, 3.05) is 18.1 Å². The molecule has 0 aromatic carbocycles. The largest absolute Gasteiger partial charge is 0.481 e. The van der Waals surface area contributed by atoms with Crippen molar-refractivity contribution >= 4 is 17.7 Å². The van der Waals surface area contributed by atoms with E-state index >= 15 is 0 Å². The second-order valence-electron chi connectivity index (χ2n) is 5.19. The highest BCUT2D eigenvalue weighted by atomic mass is 32.2. The fourth-order valence-corrected chi connectivity index (χ4v) is 3.50. The van der Waals surface area contributed by atoms with Gasteiger partial charge in [-0.05, 0) is 24.0 Å². The van der Waals surface area contributed by atoms with Gasteiger partial charge in [0.25, 0.3) is 0 Å². The van der Waals surface area contributed by atoms with Crippen LogP contribution in [0.4, 0.5) is 0 Å². The smallest absolute Gasteiger partial charge is 0.307 e. The van der Waals surface area contributed by atoms with Gasteiger partial charge < -0.3 is 10.4 Å². The van der Waals surface area contributed by atoms with Crippen molar-refractivity contribution in [1.29, 1.82) is 0 Å². The topological polar surface area (TPSA) is 49.3 Å². The van der Waals surface area contributed by atoms with Gasteiger partial charge in [0.05, 0.1) is 5.92 Å². The van der Waals surface area contributed by atoms with Crippen LogP contribution < -0.4 is 5.32 Å². The predicted molar refractivity (Wildman–Crippen MR) is 68.9 cm³/mol. The van der Waals surface area contributed by atoms with Crippen molar-refractivity contribution < 1.29 is 9.90 Å². The number of aliphatic carboxylic acids is 1. The molecule has 1 heterocycles. The number of carboxylic acids is 1. The predicted octanol–water partition coefficient (Wildman–Crippen LogP) is 2.07. The molecule has 0 amide bonds. The normalized spacial score (nSPS) is 27.2. The van der Waals surface area contributed by atoms with Crippen LogP contribution in [-0.4, -0.2) is 35.2 Å². The number of rotatable bonds is 6. The monoisotopic (exact) mass is 245 g/mol. The first-order valence-corrected chi connectivity index (χ1v) is 7.20. The summed E-state index contributed by atoms with van der Waals surface area (Å²) in [5.41, 5.74) is 0. The SMILES string of the molecule is CC(C)CC(CNC1CSCC1C)C(=O)O. The molecule has 0 spiro atoms. The molecule has 1 aliphatic heterocycles. The summed E-state index contributed by atoms with van der Waals surface area (Å²) in [5.74, 6) is 2.52. The van der Waals surface area contributed by atoms with Crippen LogP contribution in [0, 0.1) is 17.8 Å². The molecule has 3 nitrogen and oxygen atoms in total. The number of hydrogen-bond donors (Lipinski definition) is 2. The van der Waals surface area contributed by atoms with Gasteiger partial charge in [-0.2, -0.15) is 11.8 Å². The van der Waals surface area contributed by atoms with E-state index in [1.807, 2.05) is 11.8 Å². The summed E-state index contributed by atoms with van der Waals surface area (Å²) >= 11 is 1.95. The summed E-state index contributed by atoms with van der Waals surface area (Å²) in [7, 11) is 0. The Balaban J connectivity index is 2.34. The molecule has 1 fully saturated rings. The molecule has 3 atom stereocenters. The van der Waals surface area contributed by atoms with Gasteiger partial charge >= 0.3 is 5.97 Å². The Bertz CT molecular complexity index is 233. The molecule has 4 heteroatoms. The molecule has 0 bridgehead atoms. The van der Waals surface area contributed by atoms with Crippen molar-refractivity contribution in [3.63, 3.8) is 0 Å². The van der Waals surface area contributed by atoms with Crippen LogP contribution in [0.5, 0.6) is 0 Å². The lowest BCUT2D eigenvalue weighted by molar-refractivity contribution is -0.142. The lowest BCUT2D eigenvalue weighted by Gasteiger charge is -2.20. The van der Waals surface area contributed by atoms with Gasteiger partial charge in [0.1, 0.15) is 0 Å². The zero-order valence-electron chi connectivity index (χ0n) is 10.4. The average Bonchev–Trinajstić information content (AvgIpc) is 2.57. The van der Waals surface area contributed by atoms with E-state index in [1.165, 1.54) is 5.75 Å². The zero-order valence-corrected chi connectivity index (χ0v) is 11.2. The quantitative estimate of drug-likeness (QED) is 0.752. The first-order valence-electron chi connectivity index (χ1n) is 6.04. The third-order valence-electron chi connectivity index (χ3n) is 3.10. The fourth-order valence-electron chi connectivity index (χ4n) is 2.06. The molecule has 0 radical (unpaired) electrons. The van der Waals surface area contributed by atoms with Gasteiger partial charge in [0.2, 0.25) is 0 Å². The maximum Gasteiger partial charge on any atom is 0.307 e. The minimum atomic E-state index is -0.667. The second kappa shape index (κ2) is 6.50. The Hall–Kier alpha value is -0.220. The Morgan fingerprint density at radius 3 is 2.62 bits per heavy atom. The van der Waals surface area contributed by atoms with Crippen LogP contribution in [0.15, 0.2) is 0 Å². The first kappa shape index (κ1) is 13.8. The molecule has 0 saturated carbocycles. The molecule has 94 valence electrons. The van der Waals surface area contributed by atoms with Gasteiger partial charge in [-0.25, -0.2) is 0 Å². The fraction of sp³-hybridized carbons (Fsp3) is 0.917. The van der Waals surface area contributed by atoms with E-state index < -0.39 is 5.97 Å². The van der Waals surface area contributed by atoms with E-state index in [2.05, 4.69) is 26.1 Å². The summed E-state index contributed by atoms with van der Waals surface area (Å²) in [6.07, 6.45) is 0.760. The van der Waals surface area contributed by atoms with Crippen LogP contribution in [0.25, 0.3) is 0 Å². The van der Waals surface area contributed by atoms with Crippen molar-refractivity contribution in [3.05, 3.63) is 0 Å². The molecule has 0 aromatic rings. The van der Waals surface area contributed by atoms with Crippen molar-refractivity contribution in [2.24, 2.45) is 17.8 Å². The van der Waals surface area contributed by atoms with Crippen LogP contribution in [0.3, 0.4) is 0 Å². The zero-order chi connectivity index (χ0) is 12.1. The van der Waals surface area contributed by atoms with Crippen LogP contribution >= 0.6 is 11.8 Å². The van der Waals surface area contributed by atoms with E-state index in [0.29, 0.717) is 24.4 Å². The number of thioether (sulfide) groups is 1. The summed E-state index contributed by atoms with van der Waals surface area (Å²) in [4.78, 5) is 11.1. The third-order valence-corrected chi connectivity index (χ3v) is 4.45. The minimum absolute atomic E-state index is 0.238. The summed E-state index contributed by atoms with van der Waals surface area (Å²) in [6, 6.07) is 0.499. The van der Waals surface area contributed by atoms with Crippen LogP contribution in [0.2, 0.25) is 0 Å². The molecule has 2 N–H and O–H groups in total. The van der Waals surface area contributed by atoms with E-state index in [4.69, 9.17) is 5.11 Å². The molecule has 16 heavy (non-hydrogen) atoms. The van der Waals surface area contributed by atoms with Crippen molar-refractivity contribution in [3.8, 4) is 0 Å². The average molecular weight is 245 g/mol. The second-order valence-corrected chi connectivity index (χ2v) is 6.27. The van der Waals surface area contributed by atoms with E-state index in [9.17, 15) is 4.79 Å². The highest BCUT2D eigenvalue weighted by Crippen LogP contribution is 2.24. The van der Waals surface area contributed by atoms with Gasteiger partial charge in [0, 0.05) is 18.3 Å². The lowest BCUT2D eigenvalue weighted by atomic mass is 9.96. The summed E-state index contributed by atoms with van der Waals surface area (Å²) in [6.45, 7) is 6.99. The molecule has 0 aromatic heterocycles. The van der Waals surface area contributed by atoms with Gasteiger partial charge in [0.15, 0.2) is 0 Å². The number of carboxylic acid groups (broad SMARTS) is 1. The molecule has 0 aliphatic carbocycles. The van der Waals surface area contributed by atoms with E-state index in [1.54, 1.807) is 0 Å². The molecule has 1 rings (SSSR count). The van der Waals surface area contributed by atoms with Gasteiger partial charge in [-0.15, -0.1) is 0 Å². The van der Waals surface area contributed by atoms with E-state index in [-0.39, 0.29) is 5.92 Å². The summed E-state index contributed by atoms with van der Waals surface area (Å²) < 4.78 is 0. The summed E-state index contributed by atoms with van der Waals surface area (Å²) in [5, 5.41) is 12.5. The highest BCUT2D eigenvalue weighted by Gasteiger charge is 2.26. The van der Waals surface area contributed by atoms with Gasteiger partial charge in [-0.1, -0.05) is 20.8 Å². The number of carbonyl (C=O) groups is 1. The number of hydrogen-bond acceptors (Lipinski definition) is 3. The third kappa shape index (κ3) is 4.34. The maximum absolute atomic E-state index is 11.1. The van der Waals surface area contributed by atoms with E-state index in [0.717, 1.165) is 12.2 Å². The Kier molecular flexibility index (Phi) is 5.62. The Morgan fingerprint density at radius 2 is 2.19 bits per heavy atom. The van der Waals surface area contributed by atoms with Crippen molar-refractivity contribution in [1.82, 2.24) is 5.32 Å². The molecule has 3 unspecified atom stereocenters. The van der Waals surface area contributed by atoms with Gasteiger partial charge in [-0.3, -0.25) is 4.79 Å². The molecule has 1 aliphatic rings. The first-order chi connectivity index (χ1) is 7.50. The Morgan fingerprint density at radius 1 is 1.50 bits per heavy atom. The highest BCUT2D eigenvalue weighted by molar-refractivity contribution is 7.99.